The highest BCUT2D eigenvalue weighted by molar-refractivity contribution is 7.39. The summed E-state index contributed by atoms with van der Waals surface area (Å²) in [6, 6.07) is 0. The lowest BCUT2D eigenvalue weighted by Gasteiger charge is -1.88. The van der Waals surface area contributed by atoms with E-state index in [-0.39, 0.29) is 6.61 Å². The van der Waals surface area contributed by atoms with Gasteiger partial charge in [0.2, 0.25) is 0 Å². The van der Waals surface area contributed by atoms with Gasteiger partial charge in [0.1, 0.15) is 6.61 Å². The molecule has 1 atom stereocenters. The Morgan fingerprint density at radius 2 is 2.43 bits per heavy atom. The molecule has 4 heteroatoms. The van der Waals surface area contributed by atoms with E-state index >= 15 is 0 Å². The summed E-state index contributed by atoms with van der Waals surface area (Å²) in [5, 5.41) is 0. The SMILES string of the molecule is O=CCOC(=O)P. The average molecular weight is 120 g/mol. The van der Waals surface area contributed by atoms with Crippen molar-refractivity contribution in [1.82, 2.24) is 0 Å². The molecule has 0 N–H and O–H groups in total. The largest absolute Gasteiger partial charge is 0.455 e. The van der Waals surface area contributed by atoms with Crippen LogP contribution in [-0.2, 0) is 9.53 Å². The van der Waals surface area contributed by atoms with Crippen LogP contribution in [0.2, 0.25) is 0 Å². The van der Waals surface area contributed by atoms with Crippen molar-refractivity contribution in [2.24, 2.45) is 0 Å². The summed E-state index contributed by atoms with van der Waals surface area (Å²) in [4.78, 5) is 19.2. The molecular formula is C3H5O3P. The lowest BCUT2D eigenvalue weighted by atomic mass is 10.8. The summed E-state index contributed by atoms with van der Waals surface area (Å²) in [5.41, 5.74) is -0.507. The van der Waals surface area contributed by atoms with E-state index in [9.17, 15) is 9.59 Å². The Balaban J connectivity index is 2.97. The Morgan fingerprint density at radius 1 is 1.86 bits per heavy atom. The highest BCUT2D eigenvalue weighted by Crippen LogP contribution is 1.87. The fraction of sp³-hybridized carbons (Fsp3) is 0.333. The second kappa shape index (κ2) is 3.75. The third kappa shape index (κ3) is 5.57. The molecule has 0 heterocycles. The summed E-state index contributed by atoms with van der Waals surface area (Å²) in [6.45, 7) is -0.150. The Morgan fingerprint density at radius 3 is 2.57 bits per heavy atom. The maximum absolute atomic E-state index is 9.78. The molecule has 0 rings (SSSR count). The van der Waals surface area contributed by atoms with Gasteiger partial charge in [0.05, 0.1) is 0 Å². The minimum atomic E-state index is -0.507. The number of hydrogen-bond acceptors (Lipinski definition) is 3. The van der Waals surface area contributed by atoms with E-state index in [1.54, 1.807) is 9.24 Å². The number of ether oxygens (including phenoxy) is 1. The van der Waals surface area contributed by atoms with Gasteiger partial charge >= 0.3 is 5.71 Å². The quantitative estimate of drug-likeness (QED) is 0.386. The van der Waals surface area contributed by atoms with Gasteiger partial charge in [0.25, 0.3) is 0 Å². The van der Waals surface area contributed by atoms with Crippen LogP contribution in [0.4, 0.5) is 4.79 Å². The lowest BCUT2D eigenvalue weighted by molar-refractivity contribution is -0.110. The van der Waals surface area contributed by atoms with Gasteiger partial charge in [0, 0.05) is 0 Å². The first-order valence-corrected chi connectivity index (χ1v) is 2.21. The van der Waals surface area contributed by atoms with Gasteiger partial charge in [-0.05, 0) is 9.24 Å². The van der Waals surface area contributed by atoms with Crippen molar-refractivity contribution in [3.05, 3.63) is 0 Å². The number of carbonyl (C=O) groups excluding carboxylic acids is 2. The molecule has 0 aromatic heterocycles. The normalized spacial score (nSPS) is 7.57. The standard InChI is InChI=1S/C3H5O3P/c4-1-2-6-3(5)7/h1H,2,7H2. The van der Waals surface area contributed by atoms with Crippen LogP contribution < -0.4 is 0 Å². The van der Waals surface area contributed by atoms with Crippen LogP contribution in [0.1, 0.15) is 0 Å². The van der Waals surface area contributed by atoms with E-state index in [1.807, 2.05) is 0 Å². The zero-order valence-electron chi connectivity index (χ0n) is 3.59. The van der Waals surface area contributed by atoms with E-state index < -0.39 is 5.71 Å². The average Bonchev–Trinajstić information content (AvgIpc) is 1.61. The molecule has 0 bridgehead atoms. The van der Waals surface area contributed by atoms with Crippen molar-refractivity contribution in [2.45, 2.75) is 0 Å². The first-order chi connectivity index (χ1) is 3.27. The van der Waals surface area contributed by atoms with Gasteiger partial charge in [-0.3, -0.25) is 4.79 Å². The third-order valence-corrected chi connectivity index (χ3v) is 0.460. The highest BCUT2D eigenvalue weighted by atomic mass is 31.0. The van der Waals surface area contributed by atoms with Gasteiger partial charge in [-0.2, -0.15) is 0 Å². The zero-order chi connectivity index (χ0) is 5.70. The lowest BCUT2D eigenvalue weighted by Crippen LogP contribution is -1.95. The molecule has 0 aromatic rings. The van der Waals surface area contributed by atoms with Crippen molar-refractivity contribution in [2.75, 3.05) is 6.61 Å². The predicted molar refractivity (Wildman–Crippen MR) is 27.1 cm³/mol. The second-order valence-corrected chi connectivity index (χ2v) is 1.27. The van der Waals surface area contributed by atoms with Crippen molar-refractivity contribution >= 4 is 21.2 Å². The number of aldehydes is 1. The van der Waals surface area contributed by atoms with Crippen LogP contribution in [0, 0.1) is 0 Å². The van der Waals surface area contributed by atoms with Crippen molar-refractivity contribution in [3.63, 3.8) is 0 Å². The van der Waals surface area contributed by atoms with E-state index in [4.69, 9.17) is 0 Å². The number of rotatable bonds is 2. The topological polar surface area (TPSA) is 43.4 Å². The minimum absolute atomic E-state index is 0.150. The predicted octanol–water partition coefficient (Wildman–Crippen LogP) is 0.197. The van der Waals surface area contributed by atoms with Gasteiger partial charge in [0.15, 0.2) is 6.29 Å². The summed E-state index contributed by atoms with van der Waals surface area (Å²) >= 11 is 0. The summed E-state index contributed by atoms with van der Waals surface area (Å²) < 4.78 is 4.15. The van der Waals surface area contributed by atoms with Crippen LogP contribution in [0.5, 0.6) is 0 Å². The van der Waals surface area contributed by atoms with Crippen molar-refractivity contribution in [3.8, 4) is 0 Å². The first-order valence-electron chi connectivity index (χ1n) is 1.63. The molecule has 0 saturated heterocycles. The fourth-order valence-corrected chi connectivity index (χ4v) is 0.212. The maximum atomic E-state index is 9.78. The third-order valence-electron chi connectivity index (χ3n) is 0.294. The van der Waals surface area contributed by atoms with E-state index in [2.05, 4.69) is 4.74 Å². The van der Waals surface area contributed by atoms with Crippen LogP contribution in [-0.4, -0.2) is 18.6 Å². The molecule has 0 fully saturated rings. The first kappa shape index (κ1) is 6.57. The Kier molecular flexibility index (Phi) is 3.52. The molecule has 0 aliphatic rings. The van der Waals surface area contributed by atoms with Crippen LogP contribution in [0.25, 0.3) is 0 Å². The Hall–Kier alpha value is -0.430. The second-order valence-electron chi connectivity index (χ2n) is 0.797. The molecule has 7 heavy (non-hydrogen) atoms. The van der Waals surface area contributed by atoms with E-state index in [0.29, 0.717) is 6.29 Å². The van der Waals surface area contributed by atoms with Gasteiger partial charge < -0.3 is 4.74 Å². The van der Waals surface area contributed by atoms with E-state index in [1.165, 1.54) is 0 Å². The van der Waals surface area contributed by atoms with Gasteiger partial charge in [-0.25, -0.2) is 4.79 Å². The molecule has 0 aromatic carbocycles. The Bertz CT molecular complexity index is 80.2. The molecule has 0 saturated carbocycles. The molecule has 0 spiro atoms. The zero-order valence-corrected chi connectivity index (χ0v) is 4.74. The smallest absolute Gasteiger partial charge is 0.320 e. The van der Waals surface area contributed by atoms with Gasteiger partial charge in [-0.15, -0.1) is 0 Å². The molecule has 3 nitrogen and oxygen atoms in total. The van der Waals surface area contributed by atoms with Crippen molar-refractivity contribution < 1.29 is 14.3 Å². The summed E-state index contributed by atoms with van der Waals surface area (Å²) in [6.07, 6.45) is 0.516. The minimum Gasteiger partial charge on any atom is -0.455 e. The molecule has 1 unspecified atom stereocenters. The van der Waals surface area contributed by atoms with Crippen molar-refractivity contribution in [1.29, 1.82) is 0 Å². The Labute approximate surface area is 43.2 Å². The van der Waals surface area contributed by atoms with Crippen LogP contribution in [0.3, 0.4) is 0 Å². The molecule has 0 radical (unpaired) electrons. The molecule has 0 amide bonds. The van der Waals surface area contributed by atoms with Crippen LogP contribution >= 0.6 is 9.24 Å². The summed E-state index contributed by atoms with van der Waals surface area (Å²) in [7, 11) is 1.79. The number of hydrogen-bond donors (Lipinski definition) is 0. The fourth-order valence-electron chi connectivity index (χ4n) is 0.116. The monoisotopic (exact) mass is 120 g/mol. The molecular weight excluding hydrogens is 115 g/mol. The van der Waals surface area contributed by atoms with Crippen LogP contribution in [0.15, 0.2) is 0 Å². The molecule has 0 aliphatic carbocycles. The van der Waals surface area contributed by atoms with E-state index in [0.717, 1.165) is 0 Å². The summed E-state index contributed by atoms with van der Waals surface area (Å²) in [5.74, 6) is 0. The molecule has 0 aliphatic heterocycles. The maximum Gasteiger partial charge on any atom is 0.320 e. The molecule has 40 valence electrons. The highest BCUT2D eigenvalue weighted by Gasteiger charge is 1.85. The van der Waals surface area contributed by atoms with Gasteiger partial charge in [-0.1, -0.05) is 0 Å². The number of carbonyl (C=O) groups is 2.